The summed E-state index contributed by atoms with van der Waals surface area (Å²) in [6, 6.07) is 6.19. The molecule has 0 spiro atoms. The van der Waals surface area contributed by atoms with Gasteiger partial charge in [0.05, 0.1) is 0 Å². The number of phenolic OH excluding ortho intramolecular Hbond substituents is 1. The van der Waals surface area contributed by atoms with Crippen molar-refractivity contribution in [2.24, 2.45) is 5.92 Å². The van der Waals surface area contributed by atoms with Gasteiger partial charge in [0.1, 0.15) is 5.75 Å². The number of phenols is 1. The molecular weight excluding hydrogens is 226 g/mol. The second-order valence-electron chi connectivity index (χ2n) is 4.03. The number of alkyl halides is 1. The SMILES string of the molecule is CC(C)C(CCl)NC(=O)c1cccc(O)c1. The van der Waals surface area contributed by atoms with Gasteiger partial charge in [-0.3, -0.25) is 4.79 Å². The molecule has 4 heteroatoms. The Labute approximate surface area is 100 Å². The van der Waals surface area contributed by atoms with E-state index in [-0.39, 0.29) is 23.6 Å². The van der Waals surface area contributed by atoms with Crippen LogP contribution in [0, 0.1) is 5.92 Å². The molecule has 1 aromatic carbocycles. The molecule has 3 nitrogen and oxygen atoms in total. The van der Waals surface area contributed by atoms with Gasteiger partial charge >= 0.3 is 0 Å². The highest BCUT2D eigenvalue weighted by Gasteiger charge is 2.16. The van der Waals surface area contributed by atoms with E-state index in [1.807, 2.05) is 13.8 Å². The molecule has 0 fully saturated rings. The first-order valence-electron chi connectivity index (χ1n) is 5.20. The van der Waals surface area contributed by atoms with Gasteiger partial charge in [-0.05, 0) is 24.1 Å². The van der Waals surface area contributed by atoms with Gasteiger partial charge in [-0.1, -0.05) is 19.9 Å². The monoisotopic (exact) mass is 241 g/mol. The van der Waals surface area contributed by atoms with Gasteiger partial charge in [0.15, 0.2) is 0 Å². The first kappa shape index (κ1) is 12.8. The number of hydrogen-bond donors (Lipinski definition) is 2. The molecule has 1 atom stereocenters. The normalized spacial score (nSPS) is 12.5. The molecule has 0 radical (unpaired) electrons. The van der Waals surface area contributed by atoms with Crippen molar-refractivity contribution in [2.75, 3.05) is 5.88 Å². The zero-order valence-corrected chi connectivity index (χ0v) is 10.2. The van der Waals surface area contributed by atoms with Crippen LogP contribution in [0.2, 0.25) is 0 Å². The van der Waals surface area contributed by atoms with Crippen molar-refractivity contribution in [3.05, 3.63) is 29.8 Å². The van der Waals surface area contributed by atoms with Crippen LogP contribution in [-0.2, 0) is 0 Å². The van der Waals surface area contributed by atoms with Crippen molar-refractivity contribution in [1.29, 1.82) is 0 Å². The molecule has 0 aliphatic rings. The van der Waals surface area contributed by atoms with Crippen LogP contribution in [0.1, 0.15) is 24.2 Å². The van der Waals surface area contributed by atoms with E-state index < -0.39 is 0 Å². The van der Waals surface area contributed by atoms with E-state index in [1.54, 1.807) is 12.1 Å². The van der Waals surface area contributed by atoms with Gasteiger partial charge in [-0.15, -0.1) is 11.6 Å². The van der Waals surface area contributed by atoms with Crippen LogP contribution in [-0.4, -0.2) is 22.9 Å². The van der Waals surface area contributed by atoms with E-state index in [0.717, 1.165) is 0 Å². The standard InChI is InChI=1S/C12H16ClNO2/c1-8(2)11(7-13)14-12(16)9-4-3-5-10(15)6-9/h3-6,8,11,15H,7H2,1-2H3,(H,14,16). The summed E-state index contributed by atoms with van der Waals surface area (Å²) in [5, 5.41) is 12.1. The van der Waals surface area contributed by atoms with Crippen LogP contribution in [0.15, 0.2) is 24.3 Å². The van der Waals surface area contributed by atoms with Crippen LogP contribution in [0.5, 0.6) is 5.75 Å². The summed E-state index contributed by atoms with van der Waals surface area (Å²) in [6.45, 7) is 3.99. The highest BCUT2D eigenvalue weighted by atomic mass is 35.5. The van der Waals surface area contributed by atoms with E-state index in [0.29, 0.717) is 11.4 Å². The summed E-state index contributed by atoms with van der Waals surface area (Å²) in [6.07, 6.45) is 0. The fourth-order valence-corrected chi connectivity index (χ4v) is 1.72. The average Bonchev–Trinajstić information content (AvgIpc) is 2.25. The predicted molar refractivity (Wildman–Crippen MR) is 64.9 cm³/mol. The molecule has 1 unspecified atom stereocenters. The van der Waals surface area contributed by atoms with Crippen molar-refractivity contribution < 1.29 is 9.90 Å². The van der Waals surface area contributed by atoms with E-state index in [9.17, 15) is 9.90 Å². The molecule has 16 heavy (non-hydrogen) atoms. The molecule has 88 valence electrons. The van der Waals surface area contributed by atoms with E-state index >= 15 is 0 Å². The third kappa shape index (κ3) is 3.42. The van der Waals surface area contributed by atoms with E-state index in [1.165, 1.54) is 12.1 Å². The number of benzene rings is 1. The number of aromatic hydroxyl groups is 1. The first-order valence-corrected chi connectivity index (χ1v) is 5.74. The molecule has 0 aliphatic heterocycles. The molecule has 1 aromatic rings. The van der Waals surface area contributed by atoms with Gasteiger partial charge in [-0.2, -0.15) is 0 Å². The Kier molecular flexibility index (Phi) is 4.62. The molecule has 1 rings (SSSR count). The lowest BCUT2D eigenvalue weighted by Crippen LogP contribution is -2.39. The van der Waals surface area contributed by atoms with Crippen LogP contribution < -0.4 is 5.32 Å². The lowest BCUT2D eigenvalue weighted by atomic mass is 10.1. The molecule has 0 bridgehead atoms. The Bertz CT molecular complexity index is 366. The summed E-state index contributed by atoms with van der Waals surface area (Å²) in [7, 11) is 0. The van der Waals surface area contributed by atoms with Crippen molar-refractivity contribution in [3.8, 4) is 5.75 Å². The fraction of sp³-hybridized carbons (Fsp3) is 0.417. The summed E-state index contributed by atoms with van der Waals surface area (Å²) in [5.74, 6) is 0.524. The van der Waals surface area contributed by atoms with Crippen LogP contribution in [0.25, 0.3) is 0 Å². The minimum atomic E-state index is -0.213. The van der Waals surface area contributed by atoms with Gasteiger partial charge in [0.25, 0.3) is 5.91 Å². The quantitative estimate of drug-likeness (QED) is 0.796. The molecule has 0 saturated heterocycles. The maximum atomic E-state index is 11.8. The Morgan fingerprint density at radius 2 is 2.19 bits per heavy atom. The minimum absolute atomic E-state index is 0.0588. The maximum Gasteiger partial charge on any atom is 0.251 e. The first-order chi connectivity index (χ1) is 7.54. The molecule has 0 heterocycles. The number of carbonyl (C=O) groups is 1. The topological polar surface area (TPSA) is 49.3 Å². The number of rotatable bonds is 4. The summed E-state index contributed by atoms with van der Waals surface area (Å²) in [4.78, 5) is 11.8. The second kappa shape index (κ2) is 5.75. The van der Waals surface area contributed by atoms with Crippen molar-refractivity contribution in [1.82, 2.24) is 5.32 Å². The number of carbonyl (C=O) groups excluding carboxylic acids is 1. The highest BCUT2D eigenvalue weighted by molar-refractivity contribution is 6.18. The summed E-state index contributed by atoms with van der Waals surface area (Å²) < 4.78 is 0. The van der Waals surface area contributed by atoms with Crippen LogP contribution in [0.3, 0.4) is 0 Å². The van der Waals surface area contributed by atoms with Crippen molar-refractivity contribution in [3.63, 3.8) is 0 Å². The molecular formula is C12H16ClNO2. The lowest BCUT2D eigenvalue weighted by Gasteiger charge is -2.19. The molecule has 0 aromatic heterocycles. The Morgan fingerprint density at radius 3 is 2.69 bits per heavy atom. The molecule has 0 aliphatic carbocycles. The zero-order chi connectivity index (χ0) is 12.1. The third-order valence-electron chi connectivity index (χ3n) is 2.40. The summed E-state index contributed by atoms with van der Waals surface area (Å²) >= 11 is 5.76. The highest BCUT2D eigenvalue weighted by Crippen LogP contribution is 2.12. The maximum absolute atomic E-state index is 11.8. The predicted octanol–water partition coefficient (Wildman–Crippen LogP) is 2.39. The third-order valence-corrected chi connectivity index (χ3v) is 2.73. The number of halogens is 1. The van der Waals surface area contributed by atoms with E-state index in [4.69, 9.17) is 11.6 Å². The van der Waals surface area contributed by atoms with Crippen molar-refractivity contribution in [2.45, 2.75) is 19.9 Å². The largest absolute Gasteiger partial charge is 0.508 e. The molecule has 1 amide bonds. The molecule has 0 saturated carbocycles. The lowest BCUT2D eigenvalue weighted by molar-refractivity contribution is 0.0931. The fourth-order valence-electron chi connectivity index (χ4n) is 1.28. The number of amides is 1. The van der Waals surface area contributed by atoms with Gasteiger partial charge in [-0.25, -0.2) is 0 Å². The minimum Gasteiger partial charge on any atom is -0.508 e. The smallest absolute Gasteiger partial charge is 0.251 e. The molecule has 2 N–H and O–H groups in total. The van der Waals surface area contributed by atoms with Crippen LogP contribution in [0.4, 0.5) is 0 Å². The van der Waals surface area contributed by atoms with Gasteiger partial charge in [0, 0.05) is 17.5 Å². The Morgan fingerprint density at radius 1 is 1.50 bits per heavy atom. The van der Waals surface area contributed by atoms with Gasteiger partial charge < -0.3 is 10.4 Å². The van der Waals surface area contributed by atoms with Crippen LogP contribution >= 0.6 is 11.6 Å². The average molecular weight is 242 g/mol. The van der Waals surface area contributed by atoms with E-state index in [2.05, 4.69) is 5.32 Å². The zero-order valence-electron chi connectivity index (χ0n) is 9.40. The van der Waals surface area contributed by atoms with Crippen molar-refractivity contribution >= 4 is 17.5 Å². The summed E-state index contributed by atoms with van der Waals surface area (Å²) in [5.41, 5.74) is 0.441. The number of hydrogen-bond acceptors (Lipinski definition) is 2. The number of nitrogens with one attached hydrogen (secondary N) is 1. The Hall–Kier alpha value is -1.22. The second-order valence-corrected chi connectivity index (χ2v) is 4.34. The van der Waals surface area contributed by atoms with Gasteiger partial charge in [0.2, 0.25) is 0 Å². The Balaban J connectivity index is 2.72.